The lowest BCUT2D eigenvalue weighted by Gasteiger charge is -2.34. The van der Waals surface area contributed by atoms with E-state index in [4.69, 9.17) is 11.6 Å². The van der Waals surface area contributed by atoms with Crippen molar-refractivity contribution in [3.63, 3.8) is 0 Å². The van der Waals surface area contributed by atoms with Gasteiger partial charge in [0.05, 0.1) is 15.8 Å². The van der Waals surface area contributed by atoms with Gasteiger partial charge in [0.25, 0.3) is 5.91 Å². The van der Waals surface area contributed by atoms with Gasteiger partial charge >= 0.3 is 0 Å². The lowest BCUT2D eigenvalue weighted by molar-refractivity contribution is 0.0553. The van der Waals surface area contributed by atoms with Gasteiger partial charge in [0.15, 0.2) is 0 Å². The third-order valence-corrected chi connectivity index (χ3v) is 5.88. The smallest absolute Gasteiger partial charge is 0.261 e. The first kappa shape index (κ1) is 14.9. The van der Waals surface area contributed by atoms with E-state index in [1.54, 1.807) is 23.9 Å². The number of rotatable bonds is 3. The van der Waals surface area contributed by atoms with Crippen molar-refractivity contribution in [1.82, 2.24) is 5.32 Å². The minimum atomic E-state index is -1.02. The fraction of sp³-hybridized carbons (Fsp3) is 0.267. The van der Waals surface area contributed by atoms with Gasteiger partial charge in [-0.15, -0.1) is 11.3 Å². The number of hydrogen-bond donors (Lipinski definition) is 2. The summed E-state index contributed by atoms with van der Waals surface area (Å²) >= 11 is 8.74. The topological polar surface area (TPSA) is 49.3 Å². The highest BCUT2D eigenvalue weighted by Crippen LogP contribution is 2.36. The molecule has 2 N–H and O–H groups in total. The molecule has 3 rings (SSSR count). The Morgan fingerprint density at radius 2 is 2.14 bits per heavy atom. The number of halogens is 1. The van der Waals surface area contributed by atoms with Crippen LogP contribution in [0.15, 0.2) is 36.4 Å². The van der Waals surface area contributed by atoms with Crippen LogP contribution in [0.4, 0.5) is 0 Å². The van der Waals surface area contributed by atoms with Gasteiger partial charge in [0, 0.05) is 11.5 Å². The van der Waals surface area contributed by atoms with Crippen LogP contribution in [0, 0.1) is 0 Å². The molecule has 0 saturated carbocycles. The molecule has 0 saturated heterocycles. The lowest BCUT2D eigenvalue weighted by atomic mass is 9.91. The van der Waals surface area contributed by atoms with Crippen LogP contribution in [-0.4, -0.2) is 23.3 Å². The van der Waals surface area contributed by atoms with Crippen molar-refractivity contribution in [2.24, 2.45) is 0 Å². The van der Waals surface area contributed by atoms with Crippen LogP contribution in [0.3, 0.4) is 0 Å². The van der Waals surface area contributed by atoms with Crippen molar-refractivity contribution < 1.29 is 9.90 Å². The summed E-state index contributed by atoms with van der Waals surface area (Å²) in [7, 11) is 0. The molecule has 0 radical (unpaired) electrons. The van der Waals surface area contributed by atoms with Crippen molar-refractivity contribution in [1.29, 1.82) is 0 Å². The standard InChI is InChI=1S/C15H14ClNO2S2/c16-13-6-5-12(21-13)14(18)17-8-15(19)9-20-7-10-3-1-2-4-11(10)15/h1-6,19H,7-9H2,(H,17,18). The van der Waals surface area contributed by atoms with E-state index in [1.807, 2.05) is 24.3 Å². The number of carbonyl (C=O) groups excluding carboxylic acids is 1. The fourth-order valence-corrected chi connectivity index (χ4v) is 4.53. The Labute approximate surface area is 136 Å². The van der Waals surface area contributed by atoms with E-state index < -0.39 is 5.60 Å². The molecule has 21 heavy (non-hydrogen) atoms. The highest BCUT2D eigenvalue weighted by Gasteiger charge is 2.35. The number of fused-ring (bicyclic) bond motifs is 1. The van der Waals surface area contributed by atoms with Crippen molar-refractivity contribution >= 4 is 40.6 Å². The molecule has 0 aliphatic carbocycles. The molecule has 1 amide bonds. The second-order valence-electron chi connectivity index (χ2n) is 4.97. The maximum absolute atomic E-state index is 12.1. The molecular weight excluding hydrogens is 326 g/mol. The summed E-state index contributed by atoms with van der Waals surface area (Å²) in [6.45, 7) is 0.200. The quantitative estimate of drug-likeness (QED) is 0.902. The average molecular weight is 340 g/mol. The average Bonchev–Trinajstić information content (AvgIpc) is 2.92. The predicted molar refractivity (Wildman–Crippen MR) is 88.2 cm³/mol. The Morgan fingerprint density at radius 1 is 1.33 bits per heavy atom. The molecule has 1 aliphatic heterocycles. The first-order valence-electron chi connectivity index (χ1n) is 6.50. The molecule has 6 heteroatoms. The van der Waals surface area contributed by atoms with Crippen molar-refractivity contribution in [2.75, 3.05) is 12.3 Å². The van der Waals surface area contributed by atoms with Crippen LogP contribution >= 0.6 is 34.7 Å². The summed E-state index contributed by atoms with van der Waals surface area (Å²) in [6.07, 6.45) is 0. The number of amides is 1. The molecule has 1 aromatic carbocycles. The lowest BCUT2D eigenvalue weighted by Crippen LogP contribution is -2.44. The van der Waals surface area contributed by atoms with Gasteiger partial charge < -0.3 is 10.4 Å². The number of nitrogens with one attached hydrogen (secondary N) is 1. The zero-order chi connectivity index (χ0) is 14.9. The maximum Gasteiger partial charge on any atom is 0.261 e. The Kier molecular flexibility index (Phi) is 4.26. The van der Waals surface area contributed by atoms with Gasteiger partial charge in [-0.2, -0.15) is 11.8 Å². The molecule has 0 spiro atoms. The van der Waals surface area contributed by atoms with Gasteiger partial charge in [0.1, 0.15) is 5.60 Å². The second kappa shape index (κ2) is 6.01. The number of thioether (sulfide) groups is 1. The van der Waals surface area contributed by atoms with E-state index >= 15 is 0 Å². The van der Waals surface area contributed by atoms with Gasteiger partial charge in [-0.05, 0) is 23.3 Å². The van der Waals surface area contributed by atoms with Crippen LogP contribution in [0.1, 0.15) is 20.8 Å². The molecule has 1 unspecified atom stereocenters. The van der Waals surface area contributed by atoms with E-state index in [-0.39, 0.29) is 12.5 Å². The Hall–Kier alpha value is -1.01. The highest BCUT2D eigenvalue weighted by molar-refractivity contribution is 7.98. The second-order valence-corrected chi connectivity index (χ2v) is 7.67. The first-order valence-corrected chi connectivity index (χ1v) is 8.85. The molecule has 3 nitrogen and oxygen atoms in total. The van der Waals surface area contributed by atoms with Gasteiger partial charge in [-0.3, -0.25) is 4.79 Å². The molecule has 2 heterocycles. The van der Waals surface area contributed by atoms with Crippen molar-refractivity contribution in [3.8, 4) is 0 Å². The van der Waals surface area contributed by atoms with E-state index in [1.165, 1.54) is 11.3 Å². The molecule has 0 fully saturated rings. The summed E-state index contributed by atoms with van der Waals surface area (Å²) in [4.78, 5) is 12.6. The molecule has 1 aliphatic rings. The van der Waals surface area contributed by atoms with E-state index in [0.717, 1.165) is 16.9 Å². The first-order chi connectivity index (χ1) is 10.1. The summed E-state index contributed by atoms with van der Waals surface area (Å²) < 4.78 is 0.581. The maximum atomic E-state index is 12.1. The van der Waals surface area contributed by atoms with Crippen LogP contribution in [-0.2, 0) is 11.4 Å². The molecule has 2 aromatic rings. The van der Waals surface area contributed by atoms with E-state index in [9.17, 15) is 9.90 Å². The number of carbonyl (C=O) groups is 1. The van der Waals surface area contributed by atoms with Crippen molar-refractivity contribution in [3.05, 3.63) is 56.7 Å². The predicted octanol–water partition coefficient (Wildman–Crippen LogP) is 3.27. The monoisotopic (exact) mass is 339 g/mol. The summed E-state index contributed by atoms with van der Waals surface area (Å²) in [5, 5.41) is 13.7. The van der Waals surface area contributed by atoms with Crippen LogP contribution in [0.5, 0.6) is 0 Å². The fourth-order valence-electron chi connectivity index (χ4n) is 2.40. The molecule has 1 atom stereocenters. The van der Waals surface area contributed by atoms with E-state index in [0.29, 0.717) is 15.0 Å². The molecule has 0 bridgehead atoms. The SMILES string of the molecule is O=C(NCC1(O)CSCc2ccccc21)c1ccc(Cl)s1. The van der Waals surface area contributed by atoms with Crippen LogP contribution in [0.2, 0.25) is 4.34 Å². The summed E-state index contributed by atoms with van der Waals surface area (Å²) in [5.41, 5.74) is 1.02. The van der Waals surface area contributed by atoms with E-state index in [2.05, 4.69) is 5.32 Å². The number of thiophene rings is 1. The number of benzene rings is 1. The van der Waals surface area contributed by atoms with Crippen LogP contribution in [0.25, 0.3) is 0 Å². The molecule has 110 valence electrons. The third-order valence-electron chi connectivity index (χ3n) is 3.46. The Bertz CT molecular complexity index is 673. The zero-order valence-corrected chi connectivity index (χ0v) is 13.5. The minimum Gasteiger partial charge on any atom is -0.382 e. The summed E-state index contributed by atoms with van der Waals surface area (Å²) in [5.74, 6) is 1.27. The Morgan fingerprint density at radius 3 is 2.90 bits per heavy atom. The van der Waals surface area contributed by atoms with Crippen molar-refractivity contribution in [2.45, 2.75) is 11.4 Å². The van der Waals surface area contributed by atoms with Gasteiger partial charge in [-0.25, -0.2) is 0 Å². The largest absolute Gasteiger partial charge is 0.382 e. The normalized spacial score (nSPS) is 20.9. The zero-order valence-electron chi connectivity index (χ0n) is 11.1. The summed E-state index contributed by atoms with van der Waals surface area (Å²) in [6, 6.07) is 11.2. The molecular formula is C15H14ClNO2S2. The Balaban J connectivity index is 1.74. The number of hydrogen-bond acceptors (Lipinski definition) is 4. The van der Waals surface area contributed by atoms with Gasteiger partial charge in [0.2, 0.25) is 0 Å². The highest BCUT2D eigenvalue weighted by atomic mass is 35.5. The third kappa shape index (κ3) is 3.11. The molecule has 1 aromatic heterocycles. The van der Waals surface area contributed by atoms with Gasteiger partial charge in [-0.1, -0.05) is 35.9 Å². The minimum absolute atomic E-state index is 0.200. The number of aliphatic hydroxyl groups is 1. The van der Waals surface area contributed by atoms with Crippen LogP contribution < -0.4 is 5.32 Å².